The number of nitrogens with zero attached hydrogens (tertiary/aromatic N) is 1. The average Bonchev–Trinajstić information content (AvgIpc) is 2.50. The number of aryl methyl sites for hydroxylation is 1. The minimum Gasteiger partial charge on any atom is -0.462 e. The molecule has 0 saturated heterocycles. The van der Waals surface area contributed by atoms with Gasteiger partial charge in [0.25, 0.3) is 0 Å². The molecule has 0 N–H and O–H groups in total. The minimum atomic E-state index is -0.350. The van der Waals surface area contributed by atoms with Gasteiger partial charge in [-0.3, -0.25) is 4.79 Å². The molecule has 5 heteroatoms. The van der Waals surface area contributed by atoms with Crippen molar-refractivity contribution in [3.8, 4) is 0 Å². The summed E-state index contributed by atoms with van der Waals surface area (Å²) in [7, 11) is 0. The molecule has 0 atom stereocenters. The molecule has 1 aromatic heterocycles. The fraction of sp³-hybridized carbons (Fsp3) is 0.235. The lowest BCUT2D eigenvalue weighted by atomic mass is 10.1. The van der Waals surface area contributed by atoms with Crippen LogP contribution in [0, 0.1) is 6.92 Å². The van der Waals surface area contributed by atoms with Crippen molar-refractivity contribution in [1.82, 2.24) is 0 Å². The van der Waals surface area contributed by atoms with E-state index in [0.29, 0.717) is 17.7 Å². The summed E-state index contributed by atoms with van der Waals surface area (Å²) in [5, 5.41) is 0. The highest BCUT2D eigenvalue weighted by molar-refractivity contribution is 9.10. The van der Waals surface area contributed by atoms with Crippen molar-refractivity contribution in [3.05, 3.63) is 63.9 Å². The van der Waals surface area contributed by atoms with Crippen molar-refractivity contribution >= 4 is 27.7 Å². The number of benzene rings is 1. The Labute approximate surface area is 137 Å². The van der Waals surface area contributed by atoms with Crippen LogP contribution in [0.4, 0.5) is 0 Å². The molecule has 2 aromatic rings. The first-order valence-corrected chi connectivity index (χ1v) is 7.76. The third-order valence-electron chi connectivity index (χ3n) is 3.24. The maximum Gasteiger partial charge on any atom is 0.338 e. The number of halogens is 1. The van der Waals surface area contributed by atoms with Crippen LogP contribution < -0.4 is 4.57 Å². The highest BCUT2D eigenvalue weighted by Crippen LogP contribution is 2.11. The molecule has 1 aromatic carbocycles. The van der Waals surface area contributed by atoms with Gasteiger partial charge in [-0.25, -0.2) is 4.79 Å². The number of rotatable bonds is 5. The van der Waals surface area contributed by atoms with Gasteiger partial charge in [-0.05, 0) is 19.1 Å². The molecule has 2 rings (SSSR count). The molecule has 0 saturated carbocycles. The van der Waals surface area contributed by atoms with Gasteiger partial charge in [0.2, 0.25) is 12.3 Å². The van der Waals surface area contributed by atoms with E-state index in [1.165, 1.54) is 0 Å². The Hall–Kier alpha value is -2.01. The second kappa shape index (κ2) is 7.31. The summed E-state index contributed by atoms with van der Waals surface area (Å²) < 4.78 is 7.71. The van der Waals surface area contributed by atoms with Crippen LogP contribution in [0.25, 0.3) is 0 Å². The van der Waals surface area contributed by atoms with E-state index in [9.17, 15) is 9.59 Å². The number of ketones is 1. The third kappa shape index (κ3) is 4.01. The molecule has 0 aliphatic rings. The number of aromatic nitrogens is 1. The zero-order valence-corrected chi connectivity index (χ0v) is 14.1. The van der Waals surface area contributed by atoms with E-state index < -0.39 is 0 Å². The first-order chi connectivity index (χ1) is 10.5. The van der Waals surface area contributed by atoms with E-state index in [1.54, 1.807) is 37.4 Å². The van der Waals surface area contributed by atoms with Crippen LogP contribution in [-0.2, 0) is 11.3 Å². The summed E-state index contributed by atoms with van der Waals surface area (Å²) in [5.74, 6) is -0.332. The topological polar surface area (TPSA) is 47.2 Å². The quantitative estimate of drug-likeness (QED) is 0.466. The molecular formula is C17H17BrNO3+. The number of carbonyl (C=O) groups is 2. The zero-order chi connectivity index (χ0) is 16.1. The molecule has 1 heterocycles. The van der Waals surface area contributed by atoms with E-state index in [1.807, 2.05) is 23.6 Å². The fourth-order valence-electron chi connectivity index (χ4n) is 2.04. The Kier molecular flexibility index (Phi) is 5.44. The van der Waals surface area contributed by atoms with Gasteiger partial charge in [-0.15, -0.1) is 0 Å². The predicted octanol–water partition coefficient (Wildman–Crippen LogP) is 3.10. The zero-order valence-electron chi connectivity index (χ0n) is 12.5. The monoisotopic (exact) mass is 362 g/mol. The van der Waals surface area contributed by atoms with Gasteiger partial charge in [0.15, 0.2) is 11.9 Å². The van der Waals surface area contributed by atoms with Gasteiger partial charge >= 0.3 is 5.97 Å². The van der Waals surface area contributed by atoms with Gasteiger partial charge in [0.05, 0.1) is 12.2 Å². The van der Waals surface area contributed by atoms with Crippen LogP contribution in [0.5, 0.6) is 0 Å². The van der Waals surface area contributed by atoms with Crippen molar-refractivity contribution in [1.29, 1.82) is 0 Å². The normalized spacial score (nSPS) is 10.3. The molecule has 0 aliphatic heterocycles. The maximum absolute atomic E-state index is 12.3. The highest BCUT2D eigenvalue weighted by atomic mass is 79.9. The molecule has 0 radical (unpaired) electrons. The Bertz CT molecular complexity index is 696. The largest absolute Gasteiger partial charge is 0.462 e. The number of esters is 1. The molecule has 0 aliphatic carbocycles. The number of carbonyl (C=O) groups excluding carboxylic acids is 2. The molecule has 22 heavy (non-hydrogen) atoms. The van der Waals surface area contributed by atoms with Crippen molar-refractivity contribution in [2.24, 2.45) is 0 Å². The van der Waals surface area contributed by atoms with Gasteiger partial charge in [-0.2, -0.15) is 4.57 Å². The third-order valence-corrected chi connectivity index (χ3v) is 3.77. The lowest BCUT2D eigenvalue weighted by Gasteiger charge is -2.04. The lowest BCUT2D eigenvalue weighted by molar-refractivity contribution is -0.689. The number of ether oxygens (including phenoxy) is 1. The number of pyridine rings is 1. The number of hydrogen-bond donors (Lipinski definition) is 0. The summed E-state index contributed by atoms with van der Waals surface area (Å²) in [6.07, 6.45) is 1.73. The Balaban J connectivity index is 2.14. The molecule has 0 bridgehead atoms. The van der Waals surface area contributed by atoms with Gasteiger partial charge in [-0.1, -0.05) is 28.1 Å². The second-order valence-electron chi connectivity index (χ2n) is 4.84. The summed E-state index contributed by atoms with van der Waals surface area (Å²) in [5.41, 5.74) is 1.98. The SMILES string of the molecule is CCOC(=O)c1cc[n+](CC(=O)c2ccc(Br)cc2)c(C)c1. The van der Waals surface area contributed by atoms with E-state index in [-0.39, 0.29) is 18.3 Å². The van der Waals surface area contributed by atoms with Crippen molar-refractivity contribution < 1.29 is 18.9 Å². The first kappa shape index (κ1) is 16.4. The second-order valence-corrected chi connectivity index (χ2v) is 5.75. The van der Waals surface area contributed by atoms with Crippen LogP contribution in [0.1, 0.15) is 33.3 Å². The smallest absolute Gasteiger partial charge is 0.338 e. The molecule has 0 fully saturated rings. The van der Waals surface area contributed by atoms with Crippen molar-refractivity contribution in [2.45, 2.75) is 20.4 Å². The van der Waals surface area contributed by atoms with Gasteiger partial charge in [0.1, 0.15) is 0 Å². The molecule has 0 unspecified atom stereocenters. The average molecular weight is 363 g/mol. The van der Waals surface area contributed by atoms with E-state index in [4.69, 9.17) is 4.74 Å². The Morgan fingerprint density at radius 2 is 1.82 bits per heavy atom. The molecular weight excluding hydrogens is 346 g/mol. The van der Waals surface area contributed by atoms with Crippen LogP contribution in [0.2, 0.25) is 0 Å². The van der Waals surface area contributed by atoms with E-state index >= 15 is 0 Å². The molecule has 0 spiro atoms. The Morgan fingerprint density at radius 1 is 1.14 bits per heavy atom. The fourth-order valence-corrected chi connectivity index (χ4v) is 2.31. The van der Waals surface area contributed by atoms with Gasteiger partial charge in [0, 0.05) is 29.1 Å². The Morgan fingerprint density at radius 3 is 2.41 bits per heavy atom. The van der Waals surface area contributed by atoms with E-state index in [0.717, 1.165) is 10.2 Å². The number of Topliss-reactive ketones (excluding diaryl/α,β-unsaturated/α-hetero) is 1. The highest BCUT2D eigenvalue weighted by Gasteiger charge is 2.17. The van der Waals surface area contributed by atoms with Crippen molar-refractivity contribution in [3.63, 3.8) is 0 Å². The molecule has 114 valence electrons. The first-order valence-electron chi connectivity index (χ1n) is 6.97. The minimum absolute atomic E-state index is 0.0180. The summed E-state index contributed by atoms with van der Waals surface area (Å²) in [6, 6.07) is 10.7. The molecule has 0 amide bonds. The van der Waals surface area contributed by atoms with Crippen molar-refractivity contribution in [2.75, 3.05) is 6.61 Å². The lowest BCUT2D eigenvalue weighted by Crippen LogP contribution is -2.40. The summed E-state index contributed by atoms with van der Waals surface area (Å²) in [4.78, 5) is 24.0. The van der Waals surface area contributed by atoms with Gasteiger partial charge < -0.3 is 4.74 Å². The molecule has 4 nitrogen and oxygen atoms in total. The van der Waals surface area contributed by atoms with Crippen LogP contribution in [-0.4, -0.2) is 18.4 Å². The number of hydrogen-bond acceptors (Lipinski definition) is 3. The van der Waals surface area contributed by atoms with Crippen LogP contribution in [0.3, 0.4) is 0 Å². The summed E-state index contributed by atoms with van der Waals surface area (Å²) in [6.45, 7) is 4.20. The predicted molar refractivity (Wildman–Crippen MR) is 85.8 cm³/mol. The standard InChI is InChI=1S/C17H17BrNO3/c1-3-22-17(21)14-8-9-19(12(2)10-14)11-16(20)13-4-6-15(18)7-5-13/h4-10H,3,11H2,1-2H3/q+1. The van der Waals surface area contributed by atoms with E-state index in [2.05, 4.69) is 15.9 Å². The summed E-state index contributed by atoms with van der Waals surface area (Å²) >= 11 is 3.35. The maximum atomic E-state index is 12.3. The van der Waals surface area contributed by atoms with Crippen LogP contribution >= 0.6 is 15.9 Å². The van der Waals surface area contributed by atoms with Crippen LogP contribution in [0.15, 0.2) is 47.1 Å².